The molecule has 0 bridgehead atoms. The molecule has 1 heterocycles. The standard InChI is InChI=1S/C13H18N2OS/c1-3-7-15-13-10(8-5-6-8)11(14)12(17-13)9(16)4-2/h3,8,15H,1,4-7,14H2,2H3. The molecule has 0 spiro atoms. The summed E-state index contributed by atoms with van der Waals surface area (Å²) < 4.78 is 0. The van der Waals surface area contributed by atoms with Crippen LogP contribution in [0.2, 0.25) is 0 Å². The second-order valence-corrected chi connectivity index (χ2v) is 5.33. The van der Waals surface area contributed by atoms with Gasteiger partial charge in [0.15, 0.2) is 5.78 Å². The van der Waals surface area contributed by atoms with Crippen LogP contribution in [0.25, 0.3) is 0 Å². The van der Waals surface area contributed by atoms with Crippen molar-refractivity contribution in [1.82, 2.24) is 0 Å². The van der Waals surface area contributed by atoms with Crippen LogP contribution in [-0.2, 0) is 0 Å². The van der Waals surface area contributed by atoms with Gasteiger partial charge in [-0.05, 0) is 18.8 Å². The molecule has 0 unspecified atom stereocenters. The summed E-state index contributed by atoms with van der Waals surface area (Å²) in [7, 11) is 0. The highest BCUT2D eigenvalue weighted by molar-refractivity contribution is 7.18. The van der Waals surface area contributed by atoms with Crippen molar-refractivity contribution >= 4 is 27.8 Å². The third-order valence-corrected chi connectivity index (χ3v) is 4.17. The third-order valence-electron chi connectivity index (χ3n) is 2.95. The van der Waals surface area contributed by atoms with E-state index in [-0.39, 0.29) is 5.78 Å². The van der Waals surface area contributed by atoms with Gasteiger partial charge >= 0.3 is 0 Å². The lowest BCUT2D eigenvalue weighted by molar-refractivity contribution is 0.0993. The van der Waals surface area contributed by atoms with Crippen molar-refractivity contribution in [3.05, 3.63) is 23.1 Å². The van der Waals surface area contributed by atoms with Crippen molar-refractivity contribution < 1.29 is 4.79 Å². The SMILES string of the molecule is C=CCNc1sc(C(=O)CC)c(N)c1C1CC1. The molecular formula is C13H18N2OS. The topological polar surface area (TPSA) is 55.1 Å². The third kappa shape index (κ3) is 2.36. The number of hydrogen-bond donors (Lipinski definition) is 2. The van der Waals surface area contributed by atoms with Gasteiger partial charge in [-0.25, -0.2) is 0 Å². The lowest BCUT2D eigenvalue weighted by Gasteiger charge is -2.04. The van der Waals surface area contributed by atoms with E-state index in [2.05, 4.69) is 11.9 Å². The van der Waals surface area contributed by atoms with Crippen molar-refractivity contribution in [1.29, 1.82) is 0 Å². The van der Waals surface area contributed by atoms with E-state index in [1.807, 2.05) is 13.0 Å². The van der Waals surface area contributed by atoms with Crippen molar-refractivity contribution in [2.24, 2.45) is 0 Å². The van der Waals surface area contributed by atoms with Gasteiger partial charge in [0, 0.05) is 18.5 Å². The Hall–Kier alpha value is -1.29. The smallest absolute Gasteiger partial charge is 0.174 e. The number of Topliss-reactive ketones (excluding diaryl/α,β-unsaturated/α-hetero) is 1. The van der Waals surface area contributed by atoms with Crippen molar-refractivity contribution in [3.63, 3.8) is 0 Å². The number of nitrogens with one attached hydrogen (secondary N) is 1. The highest BCUT2D eigenvalue weighted by Gasteiger charge is 2.32. The number of anilines is 2. The van der Waals surface area contributed by atoms with E-state index in [0.717, 1.165) is 15.4 Å². The van der Waals surface area contributed by atoms with Crippen LogP contribution >= 0.6 is 11.3 Å². The fourth-order valence-corrected chi connectivity index (χ4v) is 3.12. The summed E-state index contributed by atoms with van der Waals surface area (Å²) in [6.45, 7) is 6.27. The van der Waals surface area contributed by atoms with Crippen molar-refractivity contribution in [2.45, 2.75) is 32.1 Å². The summed E-state index contributed by atoms with van der Waals surface area (Å²) in [5, 5.41) is 4.35. The number of ketones is 1. The fourth-order valence-electron chi connectivity index (χ4n) is 1.90. The average Bonchev–Trinajstić information content (AvgIpc) is 3.11. The molecule has 0 saturated heterocycles. The van der Waals surface area contributed by atoms with E-state index in [0.29, 0.717) is 24.6 Å². The van der Waals surface area contributed by atoms with Crippen molar-refractivity contribution in [3.8, 4) is 0 Å². The Labute approximate surface area is 106 Å². The molecule has 1 aliphatic carbocycles. The molecule has 0 radical (unpaired) electrons. The van der Waals surface area contributed by atoms with Crippen LogP contribution in [0.1, 0.15) is 47.3 Å². The highest BCUT2D eigenvalue weighted by Crippen LogP contribution is 2.50. The average molecular weight is 250 g/mol. The summed E-state index contributed by atoms with van der Waals surface area (Å²) in [5.74, 6) is 0.693. The summed E-state index contributed by atoms with van der Waals surface area (Å²) in [6.07, 6.45) is 4.69. The molecule has 92 valence electrons. The van der Waals surface area contributed by atoms with E-state index in [1.165, 1.54) is 24.2 Å². The summed E-state index contributed by atoms with van der Waals surface area (Å²) in [6, 6.07) is 0. The molecule has 3 nitrogen and oxygen atoms in total. The Morgan fingerprint density at radius 2 is 2.35 bits per heavy atom. The van der Waals surface area contributed by atoms with Crippen LogP contribution in [0, 0.1) is 0 Å². The lowest BCUT2D eigenvalue weighted by atomic mass is 10.1. The lowest BCUT2D eigenvalue weighted by Crippen LogP contribution is -2.00. The Bertz CT molecular complexity index is 447. The van der Waals surface area contributed by atoms with Crippen LogP contribution in [0.15, 0.2) is 12.7 Å². The van der Waals surface area contributed by atoms with E-state index in [4.69, 9.17) is 5.73 Å². The van der Waals surface area contributed by atoms with Gasteiger partial charge in [0.05, 0.1) is 15.6 Å². The second kappa shape index (κ2) is 4.92. The van der Waals surface area contributed by atoms with Crippen molar-refractivity contribution in [2.75, 3.05) is 17.6 Å². The number of thiophene rings is 1. The van der Waals surface area contributed by atoms with Crippen LogP contribution in [0.4, 0.5) is 10.7 Å². The minimum atomic E-state index is 0.140. The van der Waals surface area contributed by atoms with Gasteiger partial charge in [-0.15, -0.1) is 17.9 Å². The van der Waals surface area contributed by atoms with Gasteiger partial charge in [0.2, 0.25) is 0 Å². The van der Waals surface area contributed by atoms with E-state index < -0.39 is 0 Å². The van der Waals surface area contributed by atoms with E-state index in [1.54, 1.807) is 0 Å². The van der Waals surface area contributed by atoms with Crippen LogP contribution in [0.3, 0.4) is 0 Å². The molecule has 0 aromatic carbocycles. The maximum atomic E-state index is 11.8. The maximum absolute atomic E-state index is 11.8. The van der Waals surface area contributed by atoms with E-state index >= 15 is 0 Å². The first-order valence-electron chi connectivity index (χ1n) is 5.99. The Morgan fingerprint density at radius 1 is 1.65 bits per heavy atom. The quantitative estimate of drug-likeness (QED) is 0.601. The van der Waals surface area contributed by atoms with Crippen LogP contribution in [-0.4, -0.2) is 12.3 Å². The predicted octanol–water partition coefficient (Wildman–Crippen LogP) is 3.40. The number of carbonyl (C=O) groups excluding carboxylic acids is 1. The molecule has 3 N–H and O–H groups in total. The Morgan fingerprint density at radius 3 is 2.88 bits per heavy atom. The molecule has 2 rings (SSSR count). The van der Waals surface area contributed by atoms with Gasteiger partial charge in [-0.1, -0.05) is 13.0 Å². The van der Waals surface area contributed by atoms with Gasteiger partial charge in [-0.2, -0.15) is 0 Å². The van der Waals surface area contributed by atoms with Crippen LogP contribution < -0.4 is 11.1 Å². The summed E-state index contributed by atoms with van der Waals surface area (Å²) >= 11 is 1.49. The van der Waals surface area contributed by atoms with Gasteiger partial charge in [0.1, 0.15) is 0 Å². The molecule has 1 aromatic heterocycles. The molecule has 1 aliphatic rings. The normalized spacial score (nSPS) is 14.6. The monoisotopic (exact) mass is 250 g/mol. The molecule has 1 fully saturated rings. The zero-order chi connectivity index (χ0) is 12.4. The highest BCUT2D eigenvalue weighted by atomic mass is 32.1. The zero-order valence-electron chi connectivity index (χ0n) is 10.1. The molecule has 4 heteroatoms. The molecule has 17 heavy (non-hydrogen) atoms. The number of carbonyl (C=O) groups is 1. The molecule has 1 aromatic rings. The number of rotatable bonds is 6. The number of hydrogen-bond acceptors (Lipinski definition) is 4. The maximum Gasteiger partial charge on any atom is 0.174 e. The molecular weight excluding hydrogens is 232 g/mol. The zero-order valence-corrected chi connectivity index (χ0v) is 10.9. The summed E-state index contributed by atoms with van der Waals surface area (Å²) in [4.78, 5) is 12.5. The minimum Gasteiger partial charge on any atom is -0.397 e. The first kappa shape index (κ1) is 12.2. The molecule has 0 aliphatic heterocycles. The Balaban J connectivity index is 2.35. The number of nitrogen functional groups attached to an aromatic ring is 1. The first-order chi connectivity index (χ1) is 8.19. The van der Waals surface area contributed by atoms with Gasteiger partial charge in [0.25, 0.3) is 0 Å². The van der Waals surface area contributed by atoms with Gasteiger partial charge in [-0.3, -0.25) is 4.79 Å². The predicted molar refractivity (Wildman–Crippen MR) is 74.0 cm³/mol. The molecule has 0 atom stereocenters. The fraction of sp³-hybridized carbons (Fsp3) is 0.462. The minimum absolute atomic E-state index is 0.140. The molecule has 1 saturated carbocycles. The second-order valence-electron chi connectivity index (χ2n) is 4.31. The summed E-state index contributed by atoms with van der Waals surface area (Å²) in [5.41, 5.74) is 7.98. The van der Waals surface area contributed by atoms with Crippen LogP contribution in [0.5, 0.6) is 0 Å². The number of nitrogens with two attached hydrogens (primary N) is 1. The molecule has 0 amide bonds. The largest absolute Gasteiger partial charge is 0.397 e. The first-order valence-corrected chi connectivity index (χ1v) is 6.80. The Kier molecular flexibility index (Phi) is 3.52. The van der Waals surface area contributed by atoms with Gasteiger partial charge < -0.3 is 11.1 Å². The van der Waals surface area contributed by atoms with E-state index in [9.17, 15) is 4.79 Å².